The SMILES string of the molecule is Oc1cc(Cl)ccc1-c1cc(Cl)ccc1O. The van der Waals surface area contributed by atoms with Crippen LogP contribution in [0.3, 0.4) is 0 Å². The van der Waals surface area contributed by atoms with E-state index in [1.54, 1.807) is 24.3 Å². The molecule has 2 nitrogen and oxygen atoms in total. The number of rotatable bonds is 1. The second kappa shape index (κ2) is 4.24. The molecule has 0 saturated heterocycles. The number of benzene rings is 2. The average Bonchev–Trinajstić information content (AvgIpc) is 2.22. The van der Waals surface area contributed by atoms with Gasteiger partial charge in [-0.2, -0.15) is 0 Å². The maximum Gasteiger partial charge on any atom is 0.125 e. The van der Waals surface area contributed by atoms with E-state index in [1.807, 2.05) is 0 Å². The highest BCUT2D eigenvalue weighted by Crippen LogP contribution is 2.37. The molecule has 2 rings (SSSR count). The summed E-state index contributed by atoms with van der Waals surface area (Å²) in [5.41, 5.74) is 0.964. The Kier molecular flexibility index (Phi) is 2.95. The van der Waals surface area contributed by atoms with Crippen LogP contribution in [0.25, 0.3) is 11.1 Å². The summed E-state index contributed by atoms with van der Waals surface area (Å²) in [4.78, 5) is 0. The Morgan fingerprint density at radius 2 is 1.31 bits per heavy atom. The summed E-state index contributed by atoms with van der Waals surface area (Å²) in [5.74, 6) is 0.0621. The first kappa shape index (κ1) is 11.1. The fraction of sp³-hybridized carbons (Fsp3) is 0. The second-order valence-corrected chi connectivity index (χ2v) is 4.20. The monoisotopic (exact) mass is 254 g/mol. The smallest absolute Gasteiger partial charge is 0.125 e. The van der Waals surface area contributed by atoms with Gasteiger partial charge in [-0.05, 0) is 36.4 Å². The van der Waals surface area contributed by atoms with E-state index in [0.717, 1.165) is 0 Å². The van der Waals surface area contributed by atoms with Gasteiger partial charge in [0.1, 0.15) is 11.5 Å². The lowest BCUT2D eigenvalue weighted by atomic mass is 10.0. The van der Waals surface area contributed by atoms with Crippen molar-refractivity contribution in [2.24, 2.45) is 0 Å². The summed E-state index contributed by atoms with van der Waals surface area (Å²) in [5, 5.41) is 20.3. The maximum atomic E-state index is 9.72. The standard InChI is InChI=1S/C12H8Cl2O2/c13-7-2-4-11(15)10(5-7)9-3-1-8(14)6-12(9)16/h1-6,15-16H. The zero-order chi connectivity index (χ0) is 11.7. The molecule has 0 aromatic heterocycles. The van der Waals surface area contributed by atoms with Crippen molar-refractivity contribution in [1.82, 2.24) is 0 Å². The normalized spacial score (nSPS) is 10.4. The van der Waals surface area contributed by atoms with Crippen LogP contribution < -0.4 is 0 Å². The van der Waals surface area contributed by atoms with Crippen LogP contribution in [0.5, 0.6) is 11.5 Å². The van der Waals surface area contributed by atoms with Crippen molar-refractivity contribution in [1.29, 1.82) is 0 Å². The summed E-state index contributed by atoms with van der Waals surface area (Å²) >= 11 is 11.6. The molecular formula is C12H8Cl2O2. The molecule has 4 heteroatoms. The lowest BCUT2D eigenvalue weighted by molar-refractivity contribution is 0.469. The number of hydrogen-bond donors (Lipinski definition) is 2. The van der Waals surface area contributed by atoms with Crippen LogP contribution in [0, 0.1) is 0 Å². The fourth-order valence-corrected chi connectivity index (χ4v) is 1.79. The molecule has 0 aliphatic carbocycles. The zero-order valence-corrected chi connectivity index (χ0v) is 9.63. The Morgan fingerprint density at radius 3 is 2.00 bits per heavy atom. The summed E-state index contributed by atoms with van der Waals surface area (Å²) in [6.07, 6.45) is 0. The van der Waals surface area contributed by atoms with Crippen LogP contribution in [0.2, 0.25) is 10.0 Å². The minimum absolute atomic E-state index is 0.00469. The van der Waals surface area contributed by atoms with E-state index in [1.165, 1.54) is 12.1 Å². The first-order valence-corrected chi connectivity index (χ1v) is 5.31. The van der Waals surface area contributed by atoms with Crippen LogP contribution in [-0.4, -0.2) is 10.2 Å². The molecule has 0 atom stereocenters. The zero-order valence-electron chi connectivity index (χ0n) is 8.11. The van der Waals surface area contributed by atoms with E-state index in [2.05, 4.69) is 0 Å². The number of phenols is 2. The van der Waals surface area contributed by atoms with Gasteiger partial charge in [0.15, 0.2) is 0 Å². The summed E-state index contributed by atoms with van der Waals surface area (Å²) in [7, 11) is 0. The van der Waals surface area contributed by atoms with E-state index in [0.29, 0.717) is 21.2 Å². The second-order valence-electron chi connectivity index (χ2n) is 3.32. The van der Waals surface area contributed by atoms with Crippen LogP contribution >= 0.6 is 23.2 Å². The molecule has 0 amide bonds. The van der Waals surface area contributed by atoms with E-state index < -0.39 is 0 Å². The largest absolute Gasteiger partial charge is 0.507 e. The van der Waals surface area contributed by atoms with Crippen LogP contribution in [0.1, 0.15) is 0 Å². The Labute approximate surface area is 103 Å². The van der Waals surface area contributed by atoms with Crippen LogP contribution in [0.15, 0.2) is 36.4 Å². The van der Waals surface area contributed by atoms with E-state index in [9.17, 15) is 10.2 Å². The molecule has 16 heavy (non-hydrogen) atoms. The molecule has 0 aliphatic rings. The molecule has 2 aromatic carbocycles. The van der Waals surface area contributed by atoms with Crippen molar-refractivity contribution < 1.29 is 10.2 Å². The van der Waals surface area contributed by atoms with Gasteiger partial charge in [0.05, 0.1) is 0 Å². The summed E-state index contributed by atoms with van der Waals surface area (Å²) < 4.78 is 0. The highest BCUT2D eigenvalue weighted by atomic mass is 35.5. The summed E-state index contributed by atoms with van der Waals surface area (Å²) in [6, 6.07) is 9.32. The predicted octanol–water partition coefficient (Wildman–Crippen LogP) is 4.07. The van der Waals surface area contributed by atoms with Gasteiger partial charge in [-0.1, -0.05) is 23.2 Å². The lowest BCUT2D eigenvalue weighted by Gasteiger charge is -2.07. The van der Waals surface area contributed by atoms with Crippen molar-refractivity contribution >= 4 is 23.2 Å². The Balaban J connectivity index is 2.62. The highest BCUT2D eigenvalue weighted by molar-refractivity contribution is 6.31. The molecule has 0 saturated carbocycles. The Bertz CT molecular complexity index is 539. The van der Waals surface area contributed by atoms with Gasteiger partial charge in [0.25, 0.3) is 0 Å². The molecule has 0 spiro atoms. The molecule has 0 bridgehead atoms. The predicted molar refractivity (Wildman–Crippen MR) is 65.2 cm³/mol. The number of halogens is 2. The number of aromatic hydroxyl groups is 2. The number of hydrogen-bond acceptors (Lipinski definition) is 2. The Morgan fingerprint density at radius 1 is 0.688 bits per heavy atom. The average molecular weight is 255 g/mol. The minimum atomic E-state index is 0.00469. The van der Waals surface area contributed by atoms with E-state index >= 15 is 0 Å². The highest BCUT2D eigenvalue weighted by Gasteiger charge is 2.09. The molecule has 0 aliphatic heterocycles. The van der Waals surface area contributed by atoms with Crippen LogP contribution in [-0.2, 0) is 0 Å². The minimum Gasteiger partial charge on any atom is -0.507 e. The van der Waals surface area contributed by atoms with E-state index in [-0.39, 0.29) is 11.5 Å². The molecular weight excluding hydrogens is 247 g/mol. The molecule has 82 valence electrons. The number of phenolic OH excluding ortho intramolecular Hbond substituents is 2. The summed E-state index contributed by atoms with van der Waals surface area (Å²) in [6.45, 7) is 0. The fourth-order valence-electron chi connectivity index (χ4n) is 1.46. The van der Waals surface area contributed by atoms with Gasteiger partial charge in [-0.3, -0.25) is 0 Å². The van der Waals surface area contributed by atoms with Gasteiger partial charge < -0.3 is 10.2 Å². The van der Waals surface area contributed by atoms with Gasteiger partial charge in [0.2, 0.25) is 0 Å². The maximum absolute atomic E-state index is 9.72. The first-order valence-electron chi connectivity index (χ1n) is 4.55. The third-order valence-corrected chi connectivity index (χ3v) is 2.68. The van der Waals surface area contributed by atoms with Gasteiger partial charge in [-0.25, -0.2) is 0 Å². The molecule has 0 unspecified atom stereocenters. The third kappa shape index (κ3) is 2.08. The molecule has 0 radical (unpaired) electrons. The van der Waals surface area contributed by atoms with Gasteiger partial charge in [0, 0.05) is 21.2 Å². The first-order chi connectivity index (χ1) is 7.58. The molecule has 0 heterocycles. The quantitative estimate of drug-likeness (QED) is 0.806. The lowest BCUT2D eigenvalue weighted by Crippen LogP contribution is -1.81. The topological polar surface area (TPSA) is 40.5 Å². The molecule has 0 fully saturated rings. The van der Waals surface area contributed by atoms with Crippen molar-refractivity contribution in [3.05, 3.63) is 46.4 Å². The van der Waals surface area contributed by atoms with Crippen LogP contribution in [0.4, 0.5) is 0 Å². The van der Waals surface area contributed by atoms with Gasteiger partial charge >= 0.3 is 0 Å². The van der Waals surface area contributed by atoms with Gasteiger partial charge in [-0.15, -0.1) is 0 Å². The van der Waals surface area contributed by atoms with E-state index in [4.69, 9.17) is 23.2 Å². The van der Waals surface area contributed by atoms with Crippen molar-refractivity contribution in [3.8, 4) is 22.6 Å². The Hall–Kier alpha value is -1.38. The molecule has 2 N–H and O–H groups in total. The molecule has 2 aromatic rings. The third-order valence-electron chi connectivity index (χ3n) is 2.21. The van der Waals surface area contributed by atoms with Crippen molar-refractivity contribution in [2.45, 2.75) is 0 Å². The van der Waals surface area contributed by atoms with Crippen molar-refractivity contribution in [3.63, 3.8) is 0 Å². The van der Waals surface area contributed by atoms with Crippen molar-refractivity contribution in [2.75, 3.05) is 0 Å².